The molecule has 2 heteroatoms. The number of rotatable bonds is 2. The normalized spacial score (nSPS) is 10.2. The second kappa shape index (κ2) is 4.13. The van der Waals surface area contributed by atoms with E-state index in [4.69, 9.17) is 5.73 Å². The van der Waals surface area contributed by atoms with Crippen molar-refractivity contribution in [2.24, 2.45) is 0 Å². The first-order chi connectivity index (χ1) is 7.31. The molecule has 0 aromatic heterocycles. The second-order valence-electron chi connectivity index (χ2n) is 3.41. The minimum atomic E-state index is -0.444. The third-order valence-electron chi connectivity index (χ3n) is 2.38. The lowest BCUT2D eigenvalue weighted by molar-refractivity contribution is 0.486. The predicted molar refractivity (Wildman–Crippen MR) is 61.1 cm³/mol. The van der Waals surface area contributed by atoms with Crippen LogP contribution in [0.4, 0.5) is 10.1 Å². The molecule has 0 bridgehead atoms. The van der Waals surface area contributed by atoms with Gasteiger partial charge in [0.25, 0.3) is 0 Å². The lowest BCUT2D eigenvalue weighted by Gasteiger charge is -2.06. The maximum atomic E-state index is 12.7. The molecule has 2 N–H and O–H groups in total. The Labute approximate surface area is 88.4 Å². The van der Waals surface area contributed by atoms with Crippen molar-refractivity contribution in [2.45, 2.75) is 6.67 Å². The molecule has 0 aliphatic heterocycles. The highest BCUT2D eigenvalue weighted by molar-refractivity contribution is 5.68. The van der Waals surface area contributed by atoms with Crippen LogP contribution in [0.2, 0.25) is 0 Å². The van der Waals surface area contributed by atoms with Gasteiger partial charge in [0.15, 0.2) is 0 Å². The molecular weight excluding hydrogens is 189 g/mol. The molecule has 0 amide bonds. The predicted octanol–water partition coefficient (Wildman–Crippen LogP) is 3.41. The number of hydrogen-bond donors (Lipinski definition) is 1. The fourth-order valence-electron chi connectivity index (χ4n) is 1.58. The summed E-state index contributed by atoms with van der Waals surface area (Å²) in [5, 5.41) is 0. The molecule has 15 heavy (non-hydrogen) atoms. The number of hydrogen-bond acceptors (Lipinski definition) is 1. The first kappa shape index (κ1) is 9.71. The van der Waals surface area contributed by atoms with Crippen LogP contribution in [0.3, 0.4) is 0 Å². The van der Waals surface area contributed by atoms with E-state index in [-0.39, 0.29) is 0 Å². The zero-order valence-electron chi connectivity index (χ0n) is 8.28. The van der Waals surface area contributed by atoms with E-state index < -0.39 is 6.67 Å². The van der Waals surface area contributed by atoms with Crippen LogP contribution in [0, 0.1) is 0 Å². The molecule has 0 atom stereocenters. The Bertz CT molecular complexity index is 448. The summed E-state index contributed by atoms with van der Waals surface area (Å²) in [6.45, 7) is -0.444. The van der Waals surface area contributed by atoms with Crippen LogP contribution in [-0.4, -0.2) is 0 Å². The molecular formula is C13H12FN. The molecule has 0 spiro atoms. The number of nitrogens with two attached hydrogens (primary N) is 1. The highest BCUT2D eigenvalue weighted by Gasteiger charge is 2.03. The quantitative estimate of drug-likeness (QED) is 0.740. The summed E-state index contributed by atoms with van der Waals surface area (Å²) in [6, 6.07) is 14.9. The molecule has 2 aromatic rings. The van der Waals surface area contributed by atoms with Crippen LogP contribution in [0.5, 0.6) is 0 Å². The van der Waals surface area contributed by atoms with Gasteiger partial charge in [-0.05, 0) is 28.8 Å². The smallest absolute Gasteiger partial charge is 0.115 e. The molecule has 1 nitrogen and oxygen atoms in total. The fourth-order valence-corrected chi connectivity index (χ4v) is 1.58. The summed E-state index contributed by atoms with van der Waals surface area (Å²) in [4.78, 5) is 0. The molecule has 76 valence electrons. The van der Waals surface area contributed by atoms with Crippen molar-refractivity contribution in [3.05, 3.63) is 54.1 Å². The number of anilines is 1. The molecule has 0 unspecified atom stereocenters. The molecule has 2 aromatic carbocycles. The lowest BCUT2D eigenvalue weighted by atomic mass is 10.0. The van der Waals surface area contributed by atoms with Gasteiger partial charge in [0, 0.05) is 5.69 Å². The van der Waals surface area contributed by atoms with Gasteiger partial charge >= 0.3 is 0 Å². The van der Waals surface area contributed by atoms with E-state index in [1.807, 2.05) is 42.5 Å². The fraction of sp³-hybridized carbons (Fsp3) is 0.0769. The van der Waals surface area contributed by atoms with Crippen molar-refractivity contribution in [3.63, 3.8) is 0 Å². The summed E-state index contributed by atoms with van der Waals surface area (Å²) in [5.41, 5.74) is 8.96. The monoisotopic (exact) mass is 201 g/mol. The van der Waals surface area contributed by atoms with E-state index in [0.717, 1.165) is 16.8 Å². The van der Waals surface area contributed by atoms with Gasteiger partial charge in [-0.2, -0.15) is 0 Å². The van der Waals surface area contributed by atoms with E-state index in [9.17, 15) is 4.39 Å². The zero-order valence-corrected chi connectivity index (χ0v) is 8.28. The van der Waals surface area contributed by atoms with E-state index in [0.29, 0.717) is 5.56 Å². The van der Waals surface area contributed by atoms with E-state index in [1.165, 1.54) is 0 Å². The van der Waals surface area contributed by atoms with Crippen molar-refractivity contribution in [3.8, 4) is 11.1 Å². The van der Waals surface area contributed by atoms with Crippen LogP contribution < -0.4 is 5.73 Å². The van der Waals surface area contributed by atoms with Crippen molar-refractivity contribution < 1.29 is 4.39 Å². The Hall–Kier alpha value is -1.83. The Morgan fingerprint density at radius 3 is 2.27 bits per heavy atom. The van der Waals surface area contributed by atoms with Crippen LogP contribution in [0.25, 0.3) is 11.1 Å². The summed E-state index contributed by atoms with van der Waals surface area (Å²) < 4.78 is 12.7. The molecule has 2 rings (SSSR count). The first-order valence-corrected chi connectivity index (χ1v) is 4.81. The third-order valence-corrected chi connectivity index (χ3v) is 2.38. The van der Waals surface area contributed by atoms with E-state index >= 15 is 0 Å². The van der Waals surface area contributed by atoms with E-state index in [2.05, 4.69) is 0 Å². The number of nitrogen functional groups attached to an aromatic ring is 1. The van der Waals surface area contributed by atoms with E-state index in [1.54, 1.807) is 6.07 Å². The Kier molecular flexibility index (Phi) is 2.68. The van der Waals surface area contributed by atoms with Crippen molar-refractivity contribution >= 4 is 5.69 Å². The van der Waals surface area contributed by atoms with Crippen LogP contribution in [-0.2, 0) is 6.67 Å². The van der Waals surface area contributed by atoms with Crippen molar-refractivity contribution in [2.75, 3.05) is 5.73 Å². The van der Waals surface area contributed by atoms with Gasteiger partial charge < -0.3 is 5.73 Å². The average Bonchev–Trinajstić information content (AvgIpc) is 2.30. The minimum absolute atomic E-state index is 0.444. The molecule has 0 heterocycles. The summed E-state index contributed by atoms with van der Waals surface area (Å²) in [7, 11) is 0. The molecule has 0 fully saturated rings. The zero-order chi connectivity index (χ0) is 10.7. The summed E-state index contributed by atoms with van der Waals surface area (Å²) in [6.07, 6.45) is 0. The van der Waals surface area contributed by atoms with Crippen LogP contribution in [0.15, 0.2) is 48.5 Å². The van der Waals surface area contributed by atoms with Gasteiger partial charge in [-0.3, -0.25) is 0 Å². The topological polar surface area (TPSA) is 26.0 Å². The molecule has 0 saturated heterocycles. The SMILES string of the molecule is Nc1ccc(-c2ccccc2CF)cc1. The van der Waals surface area contributed by atoms with Gasteiger partial charge in [0.1, 0.15) is 6.67 Å². The maximum absolute atomic E-state index is 12.7. The molecule has 0 aliphatic rings. The highest BCUT2D eigenvalue weighted by atomic mass is 19.1. The molecule has 0 saturated carbocycles. The standard InChI is InChI=1S/C13H12FN/c14-9-11-3-1-2-4-13(11)10-5-7-12(15)8-6-10/h1-8H,9,15H2. The Morgan fingerprint density at radius 1 is 0.933 bits per heavy atom. The van der Waals surface area contributed by atoms with Gasteiger partial charge in [-0.25, -0.2) is 4.39 Å². The highest BCUT2D eigenvalue weighted by Crippen LogP contribution is 2.24. The van der Waals surface area contributed by atoms with Crippen LogP contribution in [0.1, 0.15) is 5.56 Å². The van der Waals surface area contributed by atoms with Crippen LogP contribution >= 0.6 is 0 Å². The lowest BCUT2D eigenvalue weighted by Crippen LogP contribution is -1.87. The minimum Gasteiger partial charge on any atom is -0.399 e. The largest absolute Gasteiger partial charge is 0.399 e. The van der Waals surface area contributed by atoms with Gasteiger partial charge in [-0.1, -0.05) is 36.4 Å². The number of halogens is 1. The average molecular weight is 201 g/mol. The number of benzene rings is 2. The van der Waals surface area contributed by atoms with Gasteiger partial charge in [0.2, 0.25) is 0 Å². The van der Waals surface area contributed by atoms with Crippen molar-refractivity contribution in [1.29, 1.82) is 0 Å². The van der Waals surface area contributed by atoms with Gasteiger partial charge in [0.05, 0.1) is 0 Å². The summed E-state index contributed by atoms with van der Waals surface area (Å²) >= 11 is 0. The maximum Gasteiger partial charge on any atom is 0.115 e. The van der Waals surface area contributed by atoms with Gasteiger partial charge in [-0.15, -0.1) is 0 Å². The third kappa shape index (κ3) is 1.99. The Balaban J connectivity index is 2.49. The number of alkyl halides is 1. The second-order valence-corrected chi connectivity index (χ2v) is 3.41. The molecule has 0 aliphatic carbocycles. The first-order valence-electron chi connectivity index (χ1n) is 4.81. The summed E-state index contributed by atoms with van der Waals surface area (Å²) in [5.74, 6) is 0. The van der Waals surface area contributed by atoms with Crippen molar-refractivity contribution in [1.82, 2.24) is 0 Å². The molecule has 0 radical (unpaired) electrons. The Morgan fingerprint density at radius 2 is 1.60 bits per heavy atom.